The van der Waals surface area contributed by atoms with Gasteiger partial charge in [0.2, 0.25) is 0 Å². The number of carbonyl (C=O) groups excluding carboxylic acids is 1. The van der Waals surface area contributed by atoms with E-state index in [-0.39, 0.29) is 10.7 Å². The summed E-state index contributed by atoms with van der Waals surface area (Å²) >= 11 is 3.40. The standard InChI is InChI=1S/C13H13BrN2O/c1-9(14)8-16-13(17)11-6-7-15-12-5-3-2-4-10(11)12/h2-7,9H,8H2,1H3,(H,16,17). The van der Waals surface area contributed by atoms with Crippen LogP contribution in [0.5, 0.6) is 0 Å². The third-order valence-electron chi connectivity index (χ3n) is 2.44. The van der Waals surface area contributed by atoms with Crippen molar-refractivity contribution in [1.82, 2.24) is 10.3 Å². The number of hydrogen-bond donors (Lipinski definition) is 1. The van der Waals surface area contributed by atoms with Gasteiger partial charge in [-0.15, -0.1) is 0 Å². The highest BCUT2D eigenvalue weighted by Gasteiger charge is 2.10. The Balaban J connectivity index is 2.32. The first kappa shape index (κ1) is 12.0. The molecule has 2 rings (SSSR count). The highest BCUT2D eigenvalue weighted by Crippen LogP contribution is 2.15. The minimum Gasteiger partial charge on any atom is -0.351 e. The van der Waals surface area contributed by atoms with E-state index in [9.17, 15) is 4.79 Å². The minimum atomic E-state index is -0.0603. The van der Waals surface area contributed by atoms with Gasteiger partial charge in [-0.25, -0.2) is 0 Å². The number of nitrogens with one attached hydrogen (secondary N) is 1. The highest BCUT2D eigenvalue weighted by atomic mass is 79.9. The van der Waals surface area contributed by atoms with Crippen molar-refractivity contribution in [1.29, 1.82) is 0 Å². The number of para-hydroxylation sites is 1. The first-order valence-corrected chi connectivity index (χ1v) is 6.36. The van der Waals surface area contributed by atoms with E-state index < -0.39 is 0 Å². The predicted molar refractivity (Wildman–Crippen MR) is 72.5 cm³/mol. The first-order chi connectivity index (χ1) is 8.18. The van der Waals surface area contributed by atoms with Crippen molar-refractivity contribution in [3.63, 3.8) is 0 Å². The normalized spacial score (nSPS) is 12.4. The first-order valence-electron chi connectivity index (χ1n) is 5.44. The number of carbonyl (C=O) groups is 1. The van der Waals surface area contributed by atoms with E-state index in [4.69, 9.17) is 0 Å². The van der Waals surface area contributed by atoms with E-state index in [2.05, 4.69) is 26.2 Å². The van der Waals surface area contributed by atoms with Crippen LogP contribution in [0.4, 0.5) is 0 Å². The molecule has 88 valence electrons. The van der Waals surface area contributed by atoms with Crippen LogP contribution in [0.1, 0.15) is 17.3 Å². The molecule has 1 unspecified atom stereocenters. The van der Waals surface area contributed by atoms with Crippen LogP contribution in [0.25, 0.3) is 10.9 Å². The number of amides is 1. The number of hydrogen-bond acceptors (Lipinski definition) is 2. The smallest absolute Gasteiger partial charge is 0.252 e. The predicted octanol–water partition coefficient (Wildman–Crippen LogP) is 2.75. The van der Waals surface area contributed by atoms with E-state index in [1.165, 1.54) is 0 Å². The van der Waals surface area contributed by atoms with E-state index in [1.54, 1.807) is 12.3 Å². The molecule has 0 bridgehead atoms. The van der Waals surface area contributed by atoms with E-state index in [0.29, 0.717) is 12.1 Å². The number of alkyl halides is 1. The lowest BCUT2D eigenvalue weighted by Gasteiger charge is -2.08. The van der Waals surface area contributed by atoms with Crippen LogP contribution in [0.3, 0.4) is 0 Å². The lowest BCUT2D eigenvalue weighted by molar-refractivity contribution is 0.0956. The van der Waals surface area contributed by atoms with Gasteiger partial charge in [-0.2, -0.15) is 0 Å². The van der Waals surface area contributed by atoms with Crippen molar-refractivity contribution in [3.05, 3.63) is 42.1 Å². The van der Waals surface area contributed by atoms with Gasteiger partial charge in [0.25, 0.3) is 5.91 Å². The van der Waals surface area contributed by atoms with Crippen molar-refractivity contribution < 1.29 is 4.79 Å². The van der Waals surface area contributed by atoms with Crippen molar-refractivity contribution in [3.8, 4) is 0 Å². The maximum Gasteiger partial charge on any atom is 0.252 e. The second-order valence-electron chi connectivity index (χ2n) is 3.87. The van der Waals surface area contributed by atoms with Gasteiger partial charge in [-0.1, -0.05) is 41.1 Å². The Morgan fingerprint density at radius 2 is 2.18 bits per heavy atom. The van der Waals surface area contributed by atoms with Gasteiger partial charge in [-0.3, -0.25) is 9.78 Å². The fraction of sp³-hybridized carbons (Fsp3) is 0.231. The van der Waals surface area contributed by atoms with Crippen molar-refractivity contribution in [2.24, 2.45) is 0 Å². The number of benzene rings is 1. The Morgan fingerprint density at radius 3 is 2.94 bits per heavy atom. The molecule has 2 aromatic rings. The van der Waals surface area contributed by atoms with Gasteiger partial charge in [0.05, 0.1) is 11.1 Å². The van der Waals surface area contributed by atoms with Gasteiger partial charge in [0, 0.05) is 23.0 Å². The number of rotatable bonds is 3. The van der Waals surface area contributed by atoms with Gasteiger partial charge in [0.15, 0.2) is 0 Å². The SMILES string of the molecule is CC(Br)CNC(=O)c1ccnc2ccccc12. The van der Waals surface area contributed by atoms with Crippen LogP contribution in [-0.2, 0) is 0 Å². The molecule has 0 saturated heterocycles. The third kappa shape index (κ3) is 2.82. The summed E-state index contributed by atoms with van der Waals surface area (Å²) in [4.78, 5) is 16.5. The Bertz CT molecular complexity index is 534. The fourth-order valence-corrected chi connectivity index (χ4v) is 1.78. The Morgan fingerprint density at radius 1 is 1.41 bits per heavy atom. The molecule has 0 aliphatic carbocycles. The molecular weight excluding hydrogens is 280 g/mol. The molecule has 1 heterocycles. The molecule has 0 aliphatic heterocycles. The molecule has 4 heteroatoms. The number of fused-ring (bicyclic) bond motifs is 1. The van der Waals surface area contributed by atoms with Crippen LogP contribution in [0.2, 0.25) is 0 Å². The summed E-state index contributed by atoms with van der Waals surface area (Å²) in [5.41, 5.74) is 1.51. The lowest BCUT2D eigenvalue weighted by atomic mass is 10.1. The Kier molecular flexibility index (Phi) is 3.74. The maximum atomic E-state index is 12.0. The van der Waals surface area contributed by atoms with Crippen LogP contribution >= 0.6 is 15.9 Å². The number of aromatic nitrogens is 1. The molecule has 0 fully saturated rings. The highest BCUT2D eigenvalue weighted by molar-refractivity contribution is 9.09. The zero-order valence-electron chi connectivity index (χ0n) is 9.48. The fourth-order valence-electron chi connectivity index (χ4n) is 1.62. The average molecular weight is 293 g/mol. The summed E-state index contributed by atoms with van der Waals surface area (Å²) in [5.74, 6) is -0.0603. The molecule has 0 saturated carbocycles. The monoisotopic (exact) mass is 292 g/mol. The second-order valence-corrected chi connectivity index (χ2v) is 5.43. The topological polar surface area (TPSA) is 42.0 Å². The summed E-state index contributed by atoms with van der Waals surface area (Å²) in [6.07, 6.45) is 1.66. The number of nitrogens with zero attached hydrogens (tertiary/aromatic N) is 1. The number of halogens is 1. The molecule has 1 N–H and O–H groups in total. The molecule has 1 atom stereocenters. The summed E-state index contributed by atoms with van der Waals surface area (Å²) in [6, 6.07) is 9.38. The largest absolute Gasteiger partial charge is 0.351 e. The summed E-state index contributed by atoms with van der Waals surface area (Å²) in [5, 5.41) is 3.76. The zero-order valence-corrected chi connectivity index (χ0v) is 11.1. The minimum absolute atomic E-state index is 0.0603. The van der Waals surface area contributed by atoms with Crippen LogP contribution < -0.4 is 5.32 Å². The van der Waals surface area contributed by atoms with Gasteiger partial charge < -0.3 is 5.32 Å². The molecule has 0 aliphatic rings. The van der Waals surface area contributed by atoms with E-state index >= 15 is 0 Å². The van der Waals surface area contributed by atoms with Crippen molar-refractivity contribution >= 4 is 32.7 Å². The van der Waals surface area contributed by atoms with Gasteiger partial charge >= 0.3 is 0 Å². The van der Waals surface area contributed by atoms with Crippen molar-refractivity contribution in [2.45, 2.75) is 11.8 Å². The average Bonchev–Trinajstić information content (AvgIpc) is 2.35. The second kappa shape index (κ2) is 5.27. The summed E-state index contributed by atoms with van der Waals surface area (Å²) < 4.78 is 0. The lowest BCUT2D eigenvalue weighted by Crippen LogP contribution is -2.28. The zero-order chi connectivity index (χ0) is 12.3. The van der Waals surface area contributed by atoms with Gasteiger partial charge in [0.1, 0.15) is 0 Å². The molecule has 1 aromatic carbocycles. The molecule has 0 spiro atoms. The maximum absolute atomic E-state index is 12.0. The molecule has 17 heavy (non-hydrogen) atoms. The van der Waals surface area contributed by atoms with Crippen LogP contribution in [0, 0.1) is 0 Å². The molecule has 0 radical (unpaired) electrons. The van der Waals surface area contributed by atoms with Gasteiger partial charge in [-0.05, 0) is 12.1 Å². The van der Waals surface area contributed by atoms with E-state index in [1.807, 2.05) is 31.2 Å². The third-order valence-corrected chi connectivity index (χ3v) is 2.76. The molecule has 1 aromatic heterocycles. The van der Waals surface area contributed by atoms with Crippen LogP contribution in [-0.4, -0.2) is 22.3 Å². The Hall–Kier alpha value is -1.42. The molecular formula is C13H13BrN2O. The quantitative estimate of drug-likeness (QED) is 0.884. The molecule has 3 nitrogen and oxygen atoms in total. The molecule has 1 amide bonds. The van der Waals surface area contributed by atoms with Crippen molar-refractivity contribution in [2.75, 3.05) is 6.54 Å². The van der Waals surface area contributed by atoms with Crippen LogP contribution in [0.15, 0.2) is 36.5 Å². The number of pyridine rings is 1. The summed E-state index contributed by atoms with van der Waals surface area (Å²) in [6.45, 7) is 2.60. The Labute approximate surface area is 108 Å². The summed E-state index contributed by atoms with van der Waals surface area (Å²) in [7, 11) is 0. The van der Waals surface area contributed by atoms with E-state index in [0.717, 1.165) is 10.9 Å².